The van der Waals surface area contributed by atoms with Gasteiger partial charge in [0, 0.05) is 6.54 Å². The van der Waals surface area contributed by atoms with Crippen LogP contribution in [0.5, 0.6) is 0 Å². The van der Waals surface area contributed by atoms with Crippen LogP contribution in [0.2, 0.25) is 0 Å². The highest BCUT2D eigenvalue weighted by Gasteiger charge is 2.29. The molecule has 0 radical (unpaired) electrons. The SMILES string of the molecule is Cc1nc(C2CCCN2Cc2ccccc2C#N)n[nH]1. The minimum Gasteiger partial charge on any atom is -0.289 e. The first-order valence-electron chi connectivity index (χ1n) is 6.89. The number of aryl methyl sites for hydroxylation is 1. The summed E-state index contributed by atoms with van der Waals surface area (Å²) in [4.78, 5) is 6.81. The molecule has 1 saturated heterocycles. The highest BCUT2D eigenvalue weighted by Crippen LogP contribution is 2.31. The molecular formula is C15H17N5. The van der Waals surface area contributed by atoms with Crippen LogP contribution in [-0.2, 0) is 6.54 Å². The van der Waals surface area contributed by atoms with Crippen molar-refractivity contribution in [3.63, 3.8) is 0 Å². The van der Waals surface area contributed by atoms with Gasteiger partial charge in [0.05, 0.1) is 17.7 Å². The minimum atomic E-state index is 0.256. The van der Waals surface area contributed by atoms with Crippen LogP contribution >= 0.6 is 0 Å². The van der Waals surface area contributed by atoms with Gasteiger partial charge >= 0.3 is 0 Å². The van der Waals surface area contributed by atoms with E-state index >= 15 is 0 Å². The lowest BCUT2D eigenvalue weighted by Crippen LogP contribution is -2.24. The zero-order valence-electron chi connectivity index (χ0n) is 11.5. The van der Waals surface area contributed by atoms with E-state index < -0.39 is 0 Å². The number of hydrogen-bond donors (Lipinski definition) is 1. The Morgan fingerprint density at radius 3 is 3.05 bits per heavy atom. The summed E-state index contributed by atoms with van der Waals surface area (Å²) in [6, 6.07) is 10.3. The first kappa shape index (κ1) is 12.8. The van der Waals surface area contributed by atoms with Crippen LogP contribution in [0, 0.1) is 18.3 Å². The van der Waals surface area contributed by atoms with Gasteiger partial charge in [0.15, 0.2) is 5.82 Å². The molecule has 102 valence electrons. The number of nitriles is 1. The Bertz CT molecular complexity index is 640. The van der Waals surface area contributed by atoms with E-state index in [2.05, 4.69) is 26.2 Å². The van der Waals surface area contributed by atoms with E-state index in [1.54, 1.807) is 0 Å². The van der Waals surface area contributed by atoms with E-state index in [9.17, 15) is 5.26 Å². The van der Waals surface area contributed by atoms with Gasteiger partial charge in [0.1, 0.15) is 5.82 Å². The normalized spacial score (nSPS) is 19.1. The maximum absolute atomic E-state index is 9.18. The first-order valence-corrected chi connectivity index (χ1v) is 6.89. The Morgan fingerprint density at radius 1 is 1.45 bits per heavy atom. The highest BCUT2D eigenvalue weighted by atomic mass is 15.3. The second kappa shape index (κ2) is 5.43. The van der Waals surface area contributed by atoms with Crippen LogP contribution < -0.4 is 0 Å². The average molecular weight is 267 g/mol. The number of aromatic nitrogens is 3. The molecule has 1 fully saturated rings. The molecule has 1 N–H and O–H groups in total. The van der Waals surface area contributed by atoms with Crippen molar-refractivity contribution in [2.75, 3.05) is 6.54 Å². The molecule has 0 spiro atoms. The summed E-state index contributed by atoms with van der Waals surface area (Å²) in [5, 5.41) is 16.4. The van der Waals surface area contributed by atoms with Gasteiger partial charge in [-0.2, -0.15) is 10.4 Å². The van der Waals surface area contributed by atoms with E-state index in [1.807, 2.05) is 31.2 Å². The quantitative estimate of drug-likeness (QED) is 0.926. The van der Waals surface area contributed by atoms with Crippen molar-refractivity contribution >= 4 is 0 Å². The van der Waals surface area contributed by atoms with E-state index in [0.717, 1.165) is 48.7 Å². The fourth-order valence-electron chi connectivity index (χ4n) is 2.80. The zero-order valence-corrected chi connectivity index (χ0v) is 11.5. The number of rotatable bonds is 3. The van der Waals surface area contributed by atoms with Crippen molar-refractivity contribution in [3.8, 4) is 6.07 Å². The van der Waals surface area contributed by atoms with Crippen molar-refractivity contribution in [3.05, 3.63) is 47.0 Å². The number of hydrogen-bond acceptors (Lipinski definition) is 4. The van der Waals surface area contributed by atoms with Crippen LogP contribution in [0.1, 0.15) is 41.7 Å². The van der Waals surface area contributed by atoms with Gasteiger partial charge in [-0.25, -0.2) is 4.98 Å². The van der Waals surface area contributed by atoms with E-state index in [-0.39, 0.29) is 6.04 Å². The summed E-state index contributed by atoms with van der Waals surface area (Å²) >= 11 is 0. The summed E-state index contributed by atoms with van der Waals surface area (Å²) in [7, 11) is 0. The largest absolute Gasteiger partial charge is 0.289 e. The maximum Gasteiger partial charge on any atom is 0.167 e. The smallest absolute Gasteiger partial charge is 0.167 e. The van der Waals surface area contributed by atoms with Gasteiger partial charge in [-0.05, 0) is 37.9 Å². The summed E-state index contributed by atoms with van der Waals surface area (Å²) in [6.07, 6.45) is 2.22. The van der Waals surface area contributed by atoms with E-state index in [4.69, 9.17) is 0 Å². The van der Waals surface area contributed by atoms with Crippen molar-refractivity contribution in [1.82, 2.24) is 20.1 Å². The summed E-state index contributed by atoms with van der Waals surface area (Å²) < 4.78 is 0. The number of aromatic amines is 1. The van der Waals surface area contributed by atoms with Gasteiger partial charge in [0.25, 0.3) is 0 Å². The van der Waals surface area contributed by atoms with Gasteiger partial charge in [0.2, 0.25) is 0 Å². The molecule has 0 saturated carbocycles. The van der Waals surface area contributed by atoms with Crippen LogP contribution in [0.4, 0.5) is 0 Å². The van der Waals surface area contributed by atoms with E-state index in [1.165, 1.54) is 0 Å². The van der Waals surface area contributed by atoms with Crippen molar-refractivity contribution in [2.45, 2.75) is 32.4 Å². The second-order valence-corrected chi connectivity index (χ2v) is 5.18. The predicted octanol–water partition coefficient (Wildman–Crippen LogP) is 2.32. The number of H-pyrrole nitrogens is 1. The molecule has 20 heavy (non-hydrogen) atoms. The molecule has 5 nitrogen and oxygen atoms in total. The van der Waals surface area contributed by atoms with Crippen molar-refractivity contribution < 1.29 is 0 Å². The fraction of sp³-hybridized carbons (Fsp3) is 0.400. The summed E-state index contributed by atoms with van der Waals surface area (Å²) in [5.74, 6) is 1.72. The molecule has 1 aromatic carbocycles. The van der Waals surface area contributed by atoms with Gasteiger partial charge < -0.3 is 0 Å². The van der Waals surface area contributed by atoms with Crippen molar-refractivity contribution in [2.24, 2.45) is 0 Å². The number of nitrogens with one attached hydrogen (secondary N) is 1. The molecule has 1 unspecified atom stereocenters. The molecule has 1 aliphatic heterocycles. The molecule has 2 heterocycles. The average Bonchev–Trinajstić information content (AvgIpc) is 3.08. The third kappa shape index (κ3) is 2.43. The third-order valence-corrected chi connectivity index (χ3v) is 3.79. The van der Waals surface area contributed by atoms with Gasteiger partial charge in [-0.15, -0.1) is 0 Å². The Kier molecular flexibility index (Phi) is 3.48. The lowest BCUT2D eigenvalue weighted by Gasteiger charge is -2.22. The molecule has 2 aromatic rings. The zero-order chi connectivity index (χ0) is 13.9. The number of benzene rings is 1. The summed E-state index contributed by atoms with van der Waals surface area (Å²) in [6.45, 7) is 3.72. The van der Waals surface area contributed by atoms with Crippen LogP contribution in [-0.4, -0.2) is 26.6 Å². The lowest BCUT2D eigenvalue weighted by atomic mass is 10.1. The molecule has 1 aromatic heterocycles. The summed E-state index contributed by atoms with van der Waals surface area (Å²) in [5.41, 5.74) is 1.83. The molecule has 0 amide bonds. The molecule has 3 rings (SSSR count). The predicted molar refractivity (Wildman–Crippen MR) is 74.7 cm³/mol. The Labute approximate surface area is 118 Å². The standard InChI is InChI=1S/C15H17N5/c1-11-17-15(19-18-11)14-7-4-8-20(14)10-13-6-3-2-5-12(13)9-16/h2-3,5-6,14H,4,7-8,10H2,1H3,(H,17,18,19). The Morgan fingerprint density at radius 2 is 2.30 bits per heavy atom. The third-order valence-electron chi connectivity index (χ3n) is 3.79. The van der Waals surface area contributed by atoms with Crippen LogP contribution in [0.3, 0.4) is 0 Å². The Hall–Kier alpha value is -2.19. The fourth-order valence-corrected chi connectivity index (χ4v) is 2.80. The Balaban J connectivity index is 1.81. The number of nitrogens with zero attached hydrogens (tertiary/aromatic N) is 4. The molecule has 0 aliphatic carbocycles. The van der Waals surface area contributed by atoms with Gasteiger partial charge in [-0.3, -0.25) is 10.00 Å². The topological polar surface area (TPSA) is 68.6 Å². The molecule has 1 atom stereocenters. The highest BCUT2D eigenvalue weighted by molar-refractivity contribution is 5.37. The maximum atomic E-state index is 9.18. The van der Waals surface area contributed by atoms with E-state index in [0.29, 0.717) is 0 Å². The molecule has 5 heteroatoms. The van der Waals surface area contributed by atoms with Gasteiger partial charge in [-0.1, -0.05) is 18.2 Å². The number of likely N-dealkylation sites (tertiary alicyclic amines) is 1. The first-order chi connectivity index (χ1) is 9.78. The molecule has 1 aliphatic rings. The van der Waals surface area contributed by atoms with Crippen molar-refractivity contribution in [1.29, 1.82) is 5.26 Å². The monoisotopic (exact) mass is 267 g/mol. The molecular weight excluding hydrogens is 250 g/mol. The van der Waals surface area contributed by atoms with Crippen LogP contribution in [0.25, 0.3) is 0 Å². The second-order valence-electron chi connectivity index (χ2n) is 5.18. The lowest BCUT2D eigenvalue weighted by molar-refractivity contribution is 0.240. The molecule has 0 bridgehead atoms. The minimum absolute atomic E-state index is 0.256. The van der Waals surface area contributed by atoms with Crippen LogP contribution in [0.15, 0.2) is 24.3 Å².